The van der Waals surface area contributed by atoms with Crippen LogP contribution < -0.4 is 15.4 Å². The van der Waals surface area contributed by atoms with E-state index in [2.05, 4.69) is 17.2 Å². The molecule has 0 saturated carbocycles. The number of nitrogens with one attached hydrogen (secondary N) is 2. The molecule has 1 atom stereocenters. The van der Waals surface area contributed by atoms with Crippen LogP contribution in [0.5, 0.6) is 5.75 Å². The molecular weight excluding hydrogens is 332 g/mol. The number of halogens is 1. The Labute approximate surface area is 147 Å². The largest absolute Gasteiger partial charge is 0.495 e. The smallest absolute Gasteiger partial charge is 0.408 e. The summed E-state index contributed by atoms with van der Waals surface area (Å²) in [6.45, 7) is 8.84. The van der Waals surface area contributed by atoms with Gasteiger partial charge in [-0.1, -0.05) is 17.7 Å². The van der Waals surface area contributed by atoms with Crippen LogP contribution in [0, 0.1) is 0 Å². The number of anilines is 1. The average Bonchev–Trinajstić information content (AvgIpc) is 2.46. The van der Waals surface area contributed by atoms with Crippen LogP contribution in [-0.2, 0) is 9.53 Å². The van der Waals surface area contributed by atoms with Crippen LogP contribution in [0.25, 0.3) is 0 Å². The molecule has 1 aromatic rings. The third-order valence-corrected chi connectivity index (χ3v) is 3.14. The van der Waals surface area contributed by atoms with Gasteiger partial charge >= 0.3 is 6.09 Å². The molecule has 24 heavy (non-hydrogen) atoms. The first-order valence-corrected chi connectivity index (χ1v) is 7.79. The van der Waals surface area contributed by atoms with Crippen molar-refractivity contribution in [3.63, 3.8) is 0 Å². The van der Waals surface area contributed by atoms with Gasteiger partial charge in [-0.25, -0.2) is 4.79 Å². The van der Waals surface area contributed by atoms with Gasteiger partial charge < -0.3 is 20.1 Å². The molecular formula is C17H23ClN2O4. The van der Waals surface area contributed by atoms with E-state index in [9.17, 15) is 9.59 Å². The van der Waals surface area contributed by atoms with Crippen LogP contribution in [0.1, 0.15) is 27.2 Å². The highest BCUT2D eigenvalue weighted by molar-refractivity contribution is 6.32. The molecule has 2 amide bonds. The van der Waals surface area contributed by atoms with Crippen LogP contribution in [0.4, 0.5) is 10.5 Å². The highest BCUT2D eigenvalue weighted by Gasteiger charge is 2.23. The van der Waals surface area contributed by atoms with Crippen LogP contribution in [0.3, 0.4) is 0 Å². The first-order valence-electron chi connectivity index (χ1n) is 7.41. The van der Waals surface area contributed by atoms with E-state index in [4.69, 9.17) is 21.1 Å². The fourth-order valence-corrected chi connectivity index (χ4v) is 2.01. The monoisotopic (exact) mass is 354 g/mol. The number of ether oxygens (including phenoxy) is 2. The standard InChI is InChI=1S/C17H23ClN2O4/c1-6-7-13(20-16(22)24-17(2,3)4)15(21)19-11-8-9-12(18)14(10-11)23-5/h6,8-10,13H,1,7H2,2-5H3,(H,19,21)(H,20,22). The van der Waals surface area contributed by atoms with Crippen LogP contribution in [0.15, 0.2) is 30.9 Å². The Hall–Kier alpha value is -2.21. The van der Waals surface area contributed by atoms with Crippen LogP contribution in [-0.4, -0.2) is 30.8 Å². The Bertz CT molecular complexity index is 611. The molecule has 0 radical (unpaired) electrons. The van der Waals surface area contributed by atoms with Gasteiger partial charge in [0.25, 0.3) is 0 Å². The highest BCUT2D eigenvalue weighted by Crippen LogP contribution is 2.27. The molecule has 6 nitrogen and oxygen atoms in total. The van der Waals surface area contributed by atoms with Crippen molar-refractivity contribution in [2.45, 2.75) is 38.8 Å². The second-order valence-electron chi connectivity index (χ2n) is 6.06. The first kappa shape index (κ1) is 19.8. The number of benzene rings is 1. The molecule has 7 heteroatoms. The predicted octanol–water partition coefficient (Wildman–Crippen LogP) is 3.76. The zero-order chi connectivity index (χ0) is 18.3. The molecule has 1 rings (SSSR count). The molecule has 0 aliphatic heterocycles. The van der Waals surface area contributed by atoms with Crippen molar-refractivity contribution in [3.8, 4) is 5.75 Å². The van der Waals surface area contributed by atoms with E-state index in [0.29, 0.717) is 16.5 Å². The van der Waals surface area contributed by atoms with Gasteiger partial charge in [-0.2, -0.15) is 0 Å². The minimum absolute atomic E-state index is 0.260. The number of amides is 2. The van der Waals surface area contributed by atoms with E-state index in [1.54, 1.807) is 45.0 Å². The zero-order valence-electron chi connectivity index (χ0n) is 14.3. The SMILES string of the molecule is C=CCC(NC(=O)OC(C)(C)C)C(=O)Nc1ccc(Cl)c(OC)c1. The summed E-state index contributed by atoms with van der Waals surface area (Å²) in [6.07, 6.45) is 1.14. The van der Waals surface area contributed by atoms with E-state index in [1.807, 2.05) is 0 Å². The van der Waals surface area contributed by atoms with Gasteiger partial charge in [-0.15, -0.1) is 6.58 Å². The molecule has 0 aromatic heterocycles. The first-order chi connectivity index (χ1) is 11.2. The molecule has 0 aliphatic carbocycles. The van der Waals surface area contributed by atoms with E-state index < -0.39 is 23.6 Å². The predicted molar refractivity (Wildman–Crippen MR) is 94.6 cm³/mol. The van der Waals surface area contributed by atoms with Gasteiger partial charge in [0.2, 0.25) is 5.91 Å². The van der Waals surface area contributed by atoms with Crippen LogP contribution >= 0.6 is 11.6 Å². The second-order valence-corrected chi connectivity index (χ2v) is 6.47. The van der Waals surface area contributed by atoms with Gasteiger partial charge in [0.15, 0.2) is 0 Å². The zero-order valence-corrected chi connectivity index (χ0v) is 15.1. The summed E-state index contributed by atoms with van der Waals surface area (Å²) in [5.41, 5.74) is -0.149. The number of alkyl carbamates (subject to hydrolysis) is 1. The summed E-state index contributed by atoms with van der Waals surface area (Å²) in [6, 6.07) is 4.04. The normalized spacial score (nSPS) is 12.0. The number of hydrogen-bond acceptors (Lipinski definition) is 4. The lowest BCUT2D eigenvalue weighted by Crippen LogP contribution is -2.45. The summed E-state index contributed by atoms with van der Waals surface area (Å²) in [4.78, 5) is 24.2. The Morgan fingerprint density at radius 3 is 2.58 bits per heavy atom. The van der Waals surface area contributed by atoms with Gasteiger partial charge in [0, 0.05) is 11.8 Å². The number of hydrogen-bond donors (Lipinski definition) is 2. The number of methoxy groups -OCH3 is 1. The van der Waals surface area contributed by atoms with E-state index in [1.165, 1.54) is 7.11 Å². The third kappa shape index (κ3) is 6.50. The fraction of sp³-hybridized carbons (Fsp3) is 0.412. The summed E-state index contributed by atoms with van der Waals surface area (Å²) in [5.74, 6) is 0.0416. The lowest BCUT2D eigenvalue weighted by atomic mass is 10.2. The molecule has 0 fully saturated rings. The Balaban J connectivity index is 2.79. The summed E-state index contributed by atoms with van der Waals surface area (Å²) < 4.78 is 10.3. The third-order valence-electron chi connectivity index (χ3n) is 2.83. The number of carbonyl (C=O) groups is 2. The van der Waals surface area contributed by atoms with Crippen LogP contribution in [0.2, 0.25) is 5.02 Å². The van der Waals surface area contributed by atoms with Crippen molar-refractivity contribution in [1.29, 1.82) is 0 Å². The van der Waals surface area contributed by atoms with E-state index >= 15 is 0 Å². The molecule has 0 spiro atoms. The lowest BCUT2D eigenvalue weighted by molar-refractivity contribution is -0.118. The van der Waals surface area contributed by atoms with Crippen molar-refractivity contribution >= 4 is 29.3 Å². The second kappa shape index (κ2) is 8.59. The van der Waals surface area contributed by atoms with Crippen molar-refractivity contribution in [1.82, 2.24) is 5.32 Å². The van der Waals surface area contributed by atoms with Gasteiger partial charge in [-0.3, -0.25) is 4.79 Å². The Morgan fingerprint density at radius 1 is 1.38 bits per heavy atom. The minimum atomic E-state index is -0.806. The van der Waals surface area contributed by atoms with Crippen molar-refractivity contribution < 1.29 is 19.1 Å². The average molecular weight is 355 g/mol. The number of carbonyl (C=O) groups excluding carboxylic acids is 2. The molecule has 132 valence electrons. The summed E-state index contributed by atoms with van der Waals surface area (Å²) in [7, 11) is 1.48. The molecule has 0 heterocycles. The lowest BCUT2D eigenvalue weighted by Gasteiger charge is -2.23. The topological polar surface area (TPSA) is 76.7 Å². The van der Waals surface area contributed by atoms with Gasteiger partial charge in [0.05, 0.1) is 12.1 Å². The summed E-state index contributed by atoms with van der Waals surface area (Å²) in [5, 5.41) is 5.67. The van der Waals surface area contributed by atoms with Crippen molar-refractivity contribution in [2.24, 2.45) is 0 Å². The van der Waals surface area contributed by atoms with Crippen molar-refractivity contribution in [2.75, 3.05) is 12.4 Å². The van der Waals surface area contributed by atoms with Gasteiger partial charge in [0.1, 0.15) is 17.4 Å². The summed E-state index contributed by atoms with van der Waals surface area (Å²) >= 11 is 5.95. The van der Waals surface area contributed by atoms with E-state index in [0.717, 1.165) is 0 Å². The molecule has 1 aromatic carbocycles. The molecule has 0 saturated heterocycles. The maximum absolute atomic E-state index is 12.4. The minimum Gasteiger partial charge on any atom is -0.495 e. The molecule has 0 aliphatic rings. The highest BCUT2D eigenvalue weighted by atomic mass is 35.5. The van der Waals surface area contributed by atoms with Gasteiger partial charge in [-0.05, 0) is 39.3 Å². The molecule has 2 N–H and O–H groups in total. The Kier molecular flexibility index (Phi) is 7.10. The quantitative estimate of drug-likeness (QED) is 0.762. The molecule has 0 bridgehead atoms. The number of rotatable bonds is 6. The maximum Gasteiger partial charge on any atom is 0.408 e. The Morgan fingerprint density at radius 2 is 2.04 bits per heavy atom. The fourth-order valence-electron chi connectivity index (χ4n) is 1.81. The molecule has 1 unspecified atom stereocenters. The van der Waals surface area contributed by atoms with E-state index in [-0.39, 0.29) is 6.42 Å². The maximum atomic E-state index is 12.4. The van der Waals surface area contributed by atoms with Crippen molar-refractivity contribution in [3.05, 3.63) is 35.9 Å².